The van der Waals surface area contributed by atoms with Crippen LogP contribution in [0.1, 0.15) is 20.7 Å². The zero-order valence-electron chi connectivity index (χ0n) is 11.2. The molecule has 8 heteroatoms. The van der Waals surface area contributed by atoms with Crippen LogP contribution in [0.15, 0.2) is 51.8 Å². The highest BCUT2D eigenvalue weighted by Crippen LogP contribution is 2.41. The van der Waals surface area contributed by atoms with Crippen LogP contribution < -0.4 is 4.90 Å². The number of hydrogen-bond donors (Lipinski definition) is 0. The summed E-state index contributed by atoms with van der Waals surface area (Å²) >= 11 is 2.87. The van der Waals surface area contributed by atoms with E-state index in [-0.39, 0.29) is 37.9 Å². The number of benzene rings is 2. The number of imide groups is 1. The van der Waals surface area contributed by atoms with Crippen LogP contribution in [0.5, 0.6) is 0 Å². The van der Waals surface area contributed by atoms with Gasteiger partial charge >= 0.3 is 5.51 Å². The predicted molar refractivity (Wildman–Crippen MR) is 83.6 cm³/mol. The fourth-order valence-electron chi connectivity index (χ4n) is 2.27. The van der Waals surface area contributed by atoms with Crippen molar-refractivity contribution < 1.29 is 22.8 Å². The lowest BCUT2D eigenvalue weighted by atomic mass is 10.1. The first-order valence-electron chi connectivity index (χ1n) is 6.31. The second-order valence-corrected chi connectivity index (χ2v) is 6.65. The molecule has 0 saturated carbocycles. The minimum absolute atomic E-state index is 0.0373. The molecule has 0 N–H and O–H groups in total. The number of alkyl halides is 3. The quantitative estimate of drug-likeness (QED) is 0.532. The molecule has 3 nitrogen and oxygen atoms in total. The third-order valence-electron chi connectivity index (χ3n) is 3.19. The number of carbonyl (C=O) groups excluding carboxylic acids is 2. The van der Waals surface area contributed by atoms with Gasteiger partial charge in [-0.1, -0.05) is 12.1 Å². The Bertz CT molecular complexity index is 788. The summed E-state index contributed by atoms with van der Waals surface area (Å²) in [4.78, 5) is 25.7. The van der Waals surface area contributed by atoms with Crippen LogP contribution in [-0.4, -0.2) is 17.3 Å². The van der Waals surface area contributed by atoms with Crippen LogP contribution in [0.25, 0.3) is 0 Å². The van der Waals surface area contributed by atoms with Gasteiger partial charge in [-0.25, -0.2) is 4.90 Å². The molecule has 1 aliphatic heterocycles. The number of carbonyl (C=O) groups is 2. The second kappa shape index (κ2) is 5.68. The lowest BCUT2D eigenvalue weighted by molar-refractivity contribution is -0.0328. The third kappa shape index (κ3) is 3.00. The zero-order valence-corrected chi connectivity index (χ0v) is 13.6. The van der Waals surface area contributed by atoms with E-state index in [4.69, 9.17) is 0 Å². The lowest BCUT2D eigenvalue weighted by Crippen LogP contribution is -2.29. The van der Waals surface area contributed by atoms with Gasteiger partial charge in [-0.15, -0.1) is 0 Å². The summed E-state index contributed by atoms with van der Waals surface area (Å²) < 4.78 is 37.5. The molecule has 0 bridgehead atoms. The van der Waals surface area contributed by atoms with Crippen LogP contribution in [0.4, 0.5) is 18.9 Å². The van der Waals surface area contributed by atoms with E-state index in [1.54, 1.807) is 12.1 Å². The Hall–Kier alpha value is -1.80. The van der Waals surface area contributed by atoms with Crippen molar-refractivity contribution in [2.24, 2.45) is 0 Å². The maximum Gasteiger partial charge on any atom is 0.446 e. The number of anilines is 1. The van der Waals surface area contributed by atoms with E-state index < -0.39 is 17.3 Å². The van der Waals surface area contributed by atoms with E-state index >= 15 is 0 Å². The van der Waals surface area contributed by atoms with E-state index in [9.17, 15) is 22.8 Å². The topological polar surface area (TPSA) is 37.4 Å². The predicted octanol–water partition coefficient (Wildman–Crippen LogP) is 4.86. The maximum absolute atomic E-state index is 12.4. The smallest absolute Gasteiger partial charge is 0.268 e. The molecule has 0 fully saturated rings. The third-order valence-corrected chi connectivity index (χ3v) is 4.54. The normalized spacial score (nSPS) is 14.3. The summed E-state index contributed by atoms with van der Waals surface area (Å²) in [6.45, 7) is 0. The molecule has 0 radical (unpaired) electrons. The van der Waals surface area contributed by atoms with Crippen molar-refractivity contribution in [3.8, 4) is 0 Å². The Morgan fingerprint density at radius 3 is 2.00 bits per heavy atom. The first-order valence-corrected chi connectivity index (χ1v) is 7.92. The first-order chi connectivity index (χ1) is 10.8. The molecule has 0 saturated heterocycles. The monoisotopic (exact) mass is 401 g/mol. The minimum Gasteiger partial charge on any atom is -0.268 e. The van der Waals surface area contributed by atoms with Crippen LogP contribution in [0.3, 0.4) is 0 Å². The van der Waals surface area contributed by atoms with Crippen molar-refractivity contribution in [2.75, 3.05) is 4.90 Å². The van der Waals surface area contributed by atoms with Gasteiger partial charge < -0.3 is 0 Å². The highest BCUT2D eigenvalue weighted by Gasteiger charge is 2.37. The summed E-state index contributed by atoms with van der Waals surface area (Å²) in [7, 11) is 0. The van der Waals surface area contributed by atoms with Crippen LogP contribution in [-0.2, 0) is 0 Å². The van der Waals surface area contributed by atoms with Gasteiger partial charge in [-0.05, 0) is 58.0 Å². The zero-order chi connectivity index (χ0) is 16.8. The molecule has 0 aliphatic carbocycles. The van der Waals surface area contributed by atoms with Crippen LogP contribution in [0.2, 0.25) is 0 Å². The van der Waals surface area contributed by atoms with Gasteiger partial charge in [0.15, 0.2) is 0 Å². The Labute approximate surface area is 141 Å². The van der Waals surface area contributed by atoms with Crippen molar-refractivity contribution in [2.45, 2.75) is 10.4 Å². The minimum atomic E-state index is -4.41. The van der Waals surface area contributed by atoms with Gasteiger partial charge in [0, 0.05) is 9.37 Å². The number of rotatable bonds is 2. The van der Waals surface area contributed by atoms with Gasteiger partial charge in [0.2, 0.25) is 0 Å². The maximum atomic E-state index is 12.4. The molecule has 2 aromatic carbocycles. The van der Waals surface area contributed by atoms with E-state index in [0.717, 1.165) is 4.90 Å². The van der Waals surface area contributed by atoms with E-state index in [2.05, 4.69) is 15.9 Å². The second-order valence-electron chi connectivity index (χ2n) is 4.65. The SMILES string of the molecule is O=C1c2ccccc2C(=O)N1c1ccc(SC(F)(F)F)cc1Br. The van der Waals surface area contributed by atoms with Crippen molar-refractivity contribution >= 4 is 45.2 Å². The summed E-state index contributed by atoms with van der Waals surface area (Å²) in [5, 5.41) is 0. The van der Waals surface area contributed by atoms with Crippen LogP contribution >= 0.6 is 27.7 Å². The first kappa shape index (κ1) is 16.1. The average Bonchev–Trinajstić information content (AvgIpc) is 2.71. The van der Waals surface area contributed by atoms with E-state index in [1.165, 1.54) is 30.3 Å². The molecule has 0 atom stereocenters. The van der Waals surface area contributed by atoms with Crippen molar-refractivity contribution in [3.05, 3.63) is 58.1 Å². The van der Waals surface area contributed by atoms with E-state index in [1.807, 2.05) is 0 Å². The van der Waals surface area contributed by atoms with Gasteiger partial charge in [-0.2, -0.15) is 13.2 Å². The number of hydrogen-bond acceptors (Lipinski definition) is 3. The number of fused-ring (bicyclic) bond motifs is 1. The van der Waals surface area contributed by atoms with Gasteiger partial charge in [0.1, 0.15) is 0 Å². The Kier molecular flexibility index (Phi) is 3.97. The summed E-state index contributed by atoms with van der Waals surface area (Å²) in [6, 6.07) is 10.1. The molecule has 0 unspecified atom stereocenters. The van der Waals surface area contributed by atoms with Crippen molar-refractivity contribution in [1.82, 2.24) is 0 Å². The molecule has 118 valence electrons. The molecule has 2 aromatic rings. The largest absolute Gasteiger partial charge is 0.446 e. The lowest BCUT2D eigenvalue weighted by Gasteiger charge is -2.16. The van der Waals surface area contributed by atoms with Gasteiger partial charge in [0.05, 0.1) is 16.8 Å². The fourth-order valence-corrected chi connectivity index (χ4v) is 3.56. The van der Waals surface area contributed by atoms with Gasteiger partial charge in [-0.3, -0.25) is 9.59 Å². The highest BCUT2D eigenvalue weighted by atomic mass is 79.9. The summed E-state index contributed by atoms with van der Waals surface area (Å²) in [5.74, 6) is -0.995. The fraction of sp³-hybridized carbons (Fsp3) is 0.0667. The number of amides is 2. The molecule has 0 spiro atoms. The van der Waals surface area contributed by atoms with Crippen molar-refractivity contribution in [1.29, 1.82) is 0 Å². The molecule has 23 heavy (non-hydrogen) atoms. The number of halogens is 4. The molecular weight excluding hydrogens is 395 g/mol. The van der Waals surface area contributed by atoms with Crippen LogP contribution in [0, 0.1) is 0 Å². The molecular formula is C15H7BrF3NO2S. The molecule has 2 amide bonds. The Morgan fingerprint density at radius 1 is 0.957 bits per heavy atom. The standard InChI is InChI=1S/C15H7BrF3NO2S/c16-11-7-8(23-15(17,18)19)5-6-12(11)20-13(21)9-3-1-2-4-10(9)14(20)22/h1-7H. The average molecular weight is 402 g/mol. The van der Waals surface area contributed by atoms with Gasteiger partial charge in [0.25, 0.3) is 11.8 Å². The summed E-state index contributed by atoms with van der Waals surface area (Å²) in [6.07, 6.45) is 0. The Balaban J connectivity index is 1.98. The Morgan fingerprint density at radius 2 is 1.52 bits per heavy atom. The number of nitrogens with zero attached hydrogens (tertiary/aromatic N) is 1. The molecule has 1 aliphatic rings. The molecule has 0 aromatic heterocycles. The summed E-state index contributed by atoms with van der Waals surface area (Å²) in [5.41, 5.74) is -3.64. The molecule has 1 heterocycles. The van der Waals surface area contributed by atoms with Crippen molar-refractivity contribution in [3.63, 3.8) is 0 Å². The molecule has 3 rings (SSSR count). The van der Waals surface area contributed by atoms with E-state index in [0.29, 0.717) is 0 Å². The number of thioether (sulfide) groups is 1. The highest BCUT2D eigenvalue weighted by molar-refractivity contribution is 9.10.